The molecule has 11 heteroatoms. The van der Waals surface area contributed by atoms with Gasteiger partial charge in [0.15, 0.2) is 0 Å². The summed E-state index contributed by atoms with van der Waals surface area (Å²) in [6.07, 6.45) is 0. The highest BCUT2D eigenvalue weighted by molar-refractivity contribution is 5.94. The van der Waals surface area contributed by atoms with Gasteiger partial charge in [0.05, 0.1) is 27.9 Å². The van der Waals surface area contributed by atoms with Crippen molar-refractivity contribution in [2.75, 3.05) is 0 Å². The highest BCUT2D eigenvalue weighted by atomic mass is 17.5. The summed E-state index contributed by atoms with van der Waals surface area (Å²) in [5.74, 6) is -2.14. The zero-order valence-electron chi connectivity index (χ0n) is 23.2. The summed E-state index contributed by atoms with van der Waals surface area (Å²) in [4.78, 5) is 63.1. The molecule has 0 aliphatic carbocycles. The standard InChI is InChI=1S/C16H22O8.C11H14O3/c1-15(2,3)21-23-19-13(17)11-8-7-9-12(10-11)14(18)20-24-22-16(4,5)6;1-11(2,3)14-13-10(12)9-7-5-4-6-8-9/h7-10H,1-6H3;4-8H,1-3H3. The van der Waals surface area contributed by atoms with Gasteiger partial charge in [-0.3, -0.25) is 14.7 Å². The Hall–Kier alpha value is -3.35. The minimum absolute atomic E-state index is 0.0682. The Balaban J connectivity index is 0.000000437. The van der Waals surface area contributed by atoms with E-state index in [9.17, 15) is 14.4 Å². The van der Waals surface area contributed by atoms with Crippen molar-refractivity contribution in [1.82, 2.24) is 0 Å². The average molecular weight is 537 g/mol. The van der Waals surface area contributed by atoms with Gasteiger partial charge in [-0.05, 0) is 103 Å². The summed E-state index contributed by atoms with van der Waals surface area (Å²) in [6.45, 7) is 15.7. The third-order valence-corrected chi connectivity index (χ3v) is 3.50. The van der Waals surface area contributed by atoms with E-state index < -0.39 is 34.7 Å². The number of hydrogen-bond acceptors (Lipinski definition) is 11. The Bertz CT molecular complexity index is 982. The molecule has 0 radical (unpaired) electrons. The largest absolute Gasteiger partial charge is 0.376 e. The molecular weight excluding hydrogens is 500 g/mol. The molecule has 2 aromatic rings. The predicted molar refractivity (Wildman–Crippen MR) is 134 cm³/mol. The van der Waals surface area contributed by atoms with E-state index in [4.69, 9.17) is 14.7 Å². The summed E-state index contributed by atoms with van der Waals surface area (Å²) in [5.41, 5.74) is -1.15. The monoisotopic (exact) mass is 536 g/mol. The van der Waals surface area contributed by atoms with Crippen LogP contribution in [-0.4, -0.2) is 34.7 Å². The highest BCUT2D eigenvalue weighted by Gasteiger charge is 2.19. The molecule has 0 amide bonds. The summed E-state index contributed by atoms with van der Waals surface area (Å²) < 4.78 is 0. The lowest BCUT2D eigenvalue weighted by Crippen LogP contribution is -2.21. The molecule has 0 aliphatic heterocycles. The summed E-state index contributed by atoms with van der Waals surface area (Å²) in [5, 5.41) is 8.81. The fourth-order valence-corrected chi connectivity index (χ4v) is 1.95. The summed E-state index contributed by atoms with van der Waals surface area (Å²) in [7, 11) is 0. The fourth-order valence-electron chi connectivity index (χ4n) is 1.95. The van der Waals surface area contributed by atoms with Crippen LogP contribution < -0.4 is 0 Å². The molecule has 0 aromatic heterocycles. The summed E-state index contributed by atoms with van der Waals surface area (Å²) in [6, 6.07) is 14.3. The third kappa shape index (κ3) is 15.0. The molecule has 2 aromatic carbocycles. The Morgan fingerprint density at radius 2 is 0.842 bits per heavy atom. The molecule has 0 saturated heterocycles. The predicted octanol–water partition coefficient (Wildman–Crippen LogP) is 5.90. The normalized spacial score (nSPS) is 11.6. The van der Waals surface area contributed by atoms with Crippen LogP contribution in [0.15, 0.2) is 54.6 Å². The number of rotatable bonds is 8. The number of carbonyl (C=O) groups excluding carboxylic acids is 3. The first-order chi connectivity index (χ1) is 17.5. The molecule has 0 heterocycles. The first-order valence-electron chi connectivity index (χ1n) is 11.7. The van der Waals surface area contributed by atoms with E-state index in [1.807, 2.05) is 26.8 Å². The molecule has 0 fully saturated rings. The van der Waals surface area contributed by atoms with Crippen LogP contribution in [0.1, 0.15) is 93.4 Å². The molecule has 0 saturated carbocycles. The van der Waals surface area contributed by atoms with Gasteiger partial charge < -0.3 is 0 Å². The van der Waals surface area contributed by atoms with Crippen LogP contribution in [0.5, 0.6) is 0 Å². The van der Waals surface area contributed by atoms with Crippen molar-refractivity contribution in [2.45, 2.75) is 79.1 Å². The van der Waals surface area contributed by atoms with Crippen molar-refractivity contribution in [3.8, 4) is 0 Å². The maximum Gasteiger partial charge on any atom is 0.376 e. The first-order valence-corrected chi connectivity index (χ1v) is 11.7. The first kappa shape index (κ1) is 32.7. The lowest BCUT2D eigenvalue weighted by molar-refractivity contribution is -0.510. The molecule has 0 N–H and O–H groups in total. The second-order valence-electron chi connectivity index (χ2n) is 10.8. The van der Waals surface area contributed by atoms with E-state index in [1.54, 1.807) is 65.8 Å². The van der Waals surface area contributed by atoms with Crippen molar-refractivity contribution in [3.63, 3.8) is 0 Å². The lowest BCUT2D eigenvalue weighted by atomic mass is 10.1. The third-order valence-electron chi connectivity index (χ3n) is 3.50. The van der Waals surface area contributed by atoms with E-state index in [1.165, 1.54) is 24.3 Å². The molecule has 210 valence electrons. The van der Waals surface area contributed by atoms with Crippen LogP contribution in [0.4, 0.5) is 0 Å². The number of benzene rings is 2. The molecule has 2 rings (SSSR count). The van der Waals surface area contributed by atoms with Crippen LogP contribution in [0.2, 0.25) is 0 Å². The minimum Gasteiger partial charge on any atom is -0.292 e. The smallest absolute Gasteiger partial charge is 0.292 e. The van der Waals surface area contributed by atoms with Gasteiger partial charge in [0, 0.05) is 0 Å². The van der Waals surface area contributed by atoms with Crippen LogP contribution in [0, 0.1) is 0 Å². The summed E-state index contributed by atoms with van der Waals surface area (Å²) >= 11 is 0. The van der Waals surface area contributed by atoms with Crippen LogP contribution in [0.25, 0.3) is 0 Å². The molecule has 0 atom stereocenters. The Labute approximate surface area is 222 Å². The van der Waals surface area contributed by atoms with Crippen molar-refractivity contribution in [1.29, 1.82) is 0 Å². The Morgan fingerprint density at radius 1 is 0.474 bits per heavy atom. The molecule has 0 aliphatic rings. The van der Waals surface area contributed by atoms with Crippen molar-refractivity contribution < 1.29 is 53.8 Å². The number of hydrogen-bond donors (Lipinski definition) is 0. The molecule has 0 spiro atoms. The maximum absolute atomic E-state index is 11.8. The number of carbonyl (C=O) groups is 3. The zero-order chi connectivity index (χ0) is 29.0. The van der Waals surface area contributed by atoms with E-state index in [0.717, 1.165) is 0 Å². The Kier molecular flexibility index (Phi) is 12.5. The van der Waals surface area contributed by atoms with Crippen LogP contribution >= 0.6 is 0 Å². The van der Waals surface area contributed by atoms with Gasteiger partial charge in [-0.1, -0.05) is 24.3 Å². The fraction of sp³-hybridized carbons (Fsp3) is 0.444. The topological polar surface area (TPSA) is 125 Å². The van der Waals surface area contributed by atoms with Gasteiger partial charge >= 0.3 is 17.9 Å². The highest BCUT2D eigenvalue weighted by Crippen LogP contribution is 2.13. The van der Waals surface area contributed by atoms with E-state index in [0.29, 0.717) is 5.56 Å². The van der Waals surface area contributed by atoms with Crippen molar-refractivity contribution >= 4 is 17.9 Å². The molecule has 0 bridgehead atoms. The second-order valence-corrected chi connectivity index (χ2v) is 10.8. The van der Waals surface area contributed by atoms with Gasteiger partial charge in [0.2, 0.25) is 0 Å². The van der Waals surface area contributed by atoms with Crippen LogP contribution in [0.3, 0.4) is 0 Å². The molecule has 11 nitrogen and oxygen atoms in total. The van der Waals surface area contributed by atoms with Crippen molar-refractivity contribution in [3.05, 3.63) is 71.3 Å². The minimum atomic E-state index is -0.833. The van der Waals surface area contributed by atoms with E-state index in [-0.39, 0.29) is 11.1 Å². The second kappa shape index (κ2) is 14.6. The van der Waals surface area contributed by atoms with Gasteiger partial charge in [-0.25, -0.2) is 14.4 Å². The van der Waals surface area contributed by atoms with Gasteiger partial charge in [-0.15, -0.1) is 0 Å². The van der Waals surface area contributed by atoms with Gasteiger partial charge in [0.1, 0.15) is 5.60 Å². The molecule has 38 heavy (non-hydrogen) atoms. The average Bonchev–Trinajstić information content (AvgIpc) is 2.81. The quantitative estimate of drug-likeness (QED) is 0.296. The van der Waals surface area contributed by atoms with Crippen LogP contribution in [-0.2, 0) is 39.4 Å². The van der Waals surface area contributed by atoms with Crippen molar-refractivity contribution in [2.24, 2.45) is 0 Å². The van der Waals surface area contributed by atoms with E-state index in [2.05, 4.69) is 24.7 Å². The van der Waals surface area contributed by atoms with E-state index >= 15 is 0 Å². The lowest BCUT2D eigenvalue weighted by Gasteiger charge is -2.16. The van der Waals surface area contributed by atoms with Gasteiger partial charge in [0.25, 0.3) is 0 Å². The SMILES string of the molecule is CC(C)(C)OOC(=O)c1ccccc1.CC(C)(C)OOOC(=O)c1cccc(C(=O)OOOC(C)(C)C)c1. The maximum atomic E-state index is 11.8. The van der Waals surface area contributed by atoms with Gasteiger partial charge in [-0.2, -0.15) is 14.7 Å². The Morgan fingerprint density at radius 3 is 1.24 bits per heavy atom. The molecular formula is C27H36O11. The molecule has 0 unspecified atom stereocenters. The zero-order valence-corrected chi connectivity index (χ0v) is 23.2.